The van der Waals surface area contributed by atoms with Crippen molar-refractivity contribution < 1.29 is 9.53 Å². The predicted molar refractivity (Wildman–Crippen MR) is 84.1 cm³/mol. The van der Waals surface area contributed by atoms with Gasteiger partial charge in [-0.2, -0.15) is 0 Å². The molecular weight excluding hydrogens is 272 g/mol. The van der Waals surface area contributed by atoms with Gasteiger partial charge in [-0.3, -0.25) is 4.79 Å². The third-order valence-electron chi connectivity index (χ3n) is 3.66. The van der Waals surface area contributed by atoms with Crippen molar-refractivity contribution in [2.75, 3.05) is 18.1 Å². The number of rotatable bonds is 4. The Hall–Kier alpha value is -1.62. The average Bonchev–Trinajstić information content (AvgIpc) is 2.55. The summed E-state index contributed by atoms with van der Waals surface area (Å²) in [5.74, 6) is 0.833. The third-order valence-corrected chi connectivity index (χ3v) is 4.21. The first kappa shape index (κ1) is 14.8. The summed E-state index contributed by atoms with van der Waals surface area (Å²) in [4.78, 5) is 14.5. The Kier molecular flexibility index (Phi) is 4.28. The Balaban J connectivity index is 2.21. The molecule has 20 heavy (non-hydrogen) atoms. The number of hydrogen-bond donors (Lipinski definition) is 1. The van der Waals surface area contributed by atoms with E-state index >= 15 is 0 Å². The van der Waals surface area contributed by atoms with Gasteiger partial charge in [0.15, 0.2) is 0 Å². The van der Waals surface area contributed by atoms with E-state index in [2.05, 4.69) is 0 Å². The molecule has 0 saturated carbocycles. The lowest BCUT2D eigenvalue weighted by atomic mass is 9.89. The second kappa shape index (κ2) is 5.79. The van der Waals surface area contributed by atoms with Crippen LogP contribution in [0.4, 0.5) is 5.69 Å². The molecule has 4 nitrogen and oxygen atoms in total. The molecule has 0 fully saturated rings. The van der Waals surface area contributed by atoms with E-state index in [0.29, 0.717) is 24.6 Å². The summed E-state index contributed by atoms with van der Waals surface area (Å²) in [5, 5.41) is 0. The van der Waals surface area contributed by atoms with Crippen molar-refractivity contribution in [1.82, 2.24) is 0 Å². The topological polar surface area (TPSA) is 55.6 Å². The molecule has 1 aliphatic heterocycles. The van der Waals surface area contributed by atoms with E-state index in [9.17, 15) is 4.79 Å². The van der Waals surface area contributed by atoms with Gasteiger partial charge in [-0.1, -0.05) is 38.2 Å². The number of nitrogens with two attached hydrogens (primary N) is 1. The van der Waals surface area contributed by atoms with Crippen molar-refractivity contribution >= 4 is 28.8 Å². The number of carbonyl (C=O) groups excluding carboxylic acids is 1. The molecule has 0 spiro atoms. The van der Waals surface area contributed by atoms with Crippen molar-refractivity contribution in [3.63, 3.8) is 0 Å². The highest BCUT2D eigenvalue weighted by Gasteiger charge is 2.27. The zero-order valence-corrected chi connectivity index (χ0v) is 12.7. The minimum atomic E-state index is -0.266. The number of carbonyl (C=O) groups is 1. The maximum absolute atomic E-state index is 12.2. The fourth-order valence-electron chi connectivity index (χ4n) is 2.08. The standard InChI is InChI=1S/C15H20N2O2S/c1-15(2,14(16)20)8-9-17-11-5-3-4-6-12(11)19-10-7-13(17)18/h3-6H,7-10H2,1-2H3,(H2,16,20). The summed E-state index contributed by atoms with van der Waals surface area (Å²) >= 11 is 5.08. The Bertz CT molecular complexity index is 528. The summed E-state index contributed by atoms with van der Waals surface area (Å²) in [7, 11) is 0. The molecular formula is C15H20N2O2S. The van der Waals surface area contributed by atoms with Crippen LogP contribution in [-0.4, -0.2) is 24.0 Å². The first-order valence-electron chi connectivity index (χ1n) is 6.74. The quantitative estimate of drug-likeness (QED) is 0.866. The fourth-order valence-corrected chi connectivity index (χ4v) is 2.18. The summed E-state index contributed by atoms with van der Waals surface area (Å²) < 4.78 is 5.62. The number of amides is 1. The maximum atomic E-state index is 12.2. The van der Waals surface area contributed by atoms with Gasteiger partial charge in [-0.25, -0.2) is 0 Å². The van der Waals surface area contributed by atoms with Crippen molar-refractivity contribution in [1.29, 1.82) is 0 Å². The lowest BCUT2D eigenvalue weighted by Gasteiger charge is -2.28. The molecule has 5 heteroatoms. The fraction of sp³-hybridized carbons (Fsp3) is 0.467. The monoisotopic (exact) mass is 292 g/mol. The van der Waals surface area contributed by atoms with Gasteiger partial charge in [-0.05, 0) is 18.6 Å². The molecule has 0 aliphatic carbocycles. The lowest BCUT2D eigenvalue weighted by Crippen LogP contribution is -2.37. The summed E-state index contributed by atoms with van der Waals surface area (Å²) in [6.07, 6.45) is 1.12. The number of nitrogens with zero attached hydrogens (tertiary/aromatic N) is 1. The van der Waals surface area contributed by atoms with E-state index in [1.54, 1.807) is 4.90 Å². The largest absolute Gasteiger partial charge is 0.491 e. The number of thiocarbonyl (C=S) groups is 1. The lowest BCUT2D eigenvalue weighted by molar-refractivity contribution is -0.118. The molecule has 108 valence electrons. The van der Waals surface area contributed by atoms with E-state index in [4.69, 9.17) is 22.7 Å². The highest BCUT2D eigenvalue weighted by Crippen LogP contribution is 2.32. The van der Waals surface area contributed by atoms with Crippen LogP contribution < -0.4 is 15.4 Å². The van der Waals surface area contributed by atoms with Crippen LogP contribution in [0.3, 0.4) is 0 Å². The summed E-state index contributed by atoms with van der Waals surface area (Å²) in [6.45, 7) is 5.01. The SMILES string of the molecule is CC(C)(CCN1C(=O)CCOc2ccccc21)C(N)=S. The zero-order valence-electron chi connectivity index (χ0n) is 11.9. The predicted octanol–water partition coefficient (Wildman–Crippen LogP) is 2.50. The number of hydrogen-bond acceptors (Lipinski definition) is 3. The molecule has 1 aromatic carbocycles. The second-order valence-electron chi connectivity index (χ2n) is 5.61. The van der Waals surface area contributed by atoms with Gasteiger partial charge in [-0.15, -0.1) is 0 Å². The summed E-state index contributed by atoms with van der Waals surface area (Å²) in [6, 6.07) is 7.62. The Morgan fingerprint density at radius 3 is 2.85 bits per heavy atom. The second-order valence-corrected chi connectivity index (χ2v) is 6.05. The minimum absolute atomic E-state index is 0.0775. The first-order valence-corrected chi connectivity index (χ1v) is 7.15. The number of benzene rings is 1. The highest BCUT2D eigenvalue weighted by molar-refractivity contribution is 7.80. The van der Waals surface area contributed by atoms with Gasteiger partial charge in [0.25, 0.3) is 0 Å². The van der Waals surface area contributed by atoms with Crippen LogP contribution in [0.5, 0.6) is 5.75 Å². The van der Waals surface area contributed by atoms with Crippen LogP contribution in [0.15, 0.2) is 24.3 Å². The summed E-state index contributed by atoms with van der Waals surface area (Å²) in [5.41, 5.74) is 6.31. The van der Waals surface area contributed by atoms with Gasteiger partial charge in [0, 0.05) is 12.0 Å². The van der Waals surface area contributed by atoms with Crippen LogP contribution in [0.1, 0.15) is 26.7 Å². The molecule has 0 radical (unpaired) electrons. The molecule has 1 heterocycles. The van der Waals surface area contributed by atoms with Crippen molar-refractivity contribution in [2.24, 2.45) is 11.1 Å². The van der Waals surface area contributed by atoms with E-state index < -0.39 is 0 Å². The Morgan fingerprint density at radius 1 is 1.45 bits per heavy atom. The molecule has 0 aromatic heterocycles. The highest BCUT2D eigenvalue weighted by atomic mass is 32.1. The minimum Gasteiger partial charge on any atom is -0.491 e. The molecule has 1 aliphatic rings. The van der Waals surface area contributed by atoms with Gasteiger partial charge in [0.1, 0.15) is 5.75 Å². The van der Waals surface area contributed by atoms with Crippen molar-refractivity contribution in [3.05, 3.63) is 24.3 Å². The average molecular weight is 292 g/mol. The first-order chi connectivity index (χ1) is 9.42. The van der Waals surface area contributed by atoms with Gasteiger partial charge in [0.2, 0.25) is 5.91 Å². The smallest absolute Gasteiger partial charge is 0.230 e. The van der Waals surface area contributed by atoms with E-state index in [0.717, 1.165) is 17.9 Å². The zero-order chi connectivity index (χ0) is 14.8. The molecule has 0 saturated heterocycles. The van der Waals surface area contributed by atoms with E-state index in [1.165, 1.54) is 0 Å². The van der Waals surface area contributed by atoms with Gasteiger partial charge >= 0.3 is 0 Å². The Morgan fingerprint density at radius 2 is 2.15 bits per heavy atom. The van der Waals surface area contributed by atoms with Crippen LogP contribution in [0, 0.1) is 5.41 Å². The normalized spacial score (nSPS) is 15.3. The molecule has 0 bridgehead atoms. The Labute approximate surface area is 124 Å². The molecule has 0 unspecified atom stereocenters. The molecule has 0 atom stereocenters. The number of ether oxygens (including phenoxy) is 1. The van der Waals surface area contributed by atoms with Crippen LogP contribution in [0.2, 0.25) is 0 Å². The van der Waals surface area contributed by atoms with Crippen LogP contribution in [0.25, 0.3) is 0 Å². The van der Waals surface area contributed by atoms with Crippen molar-refractivity contribution in [3.8, 4) is 5.75 Å². The molecule has 2 rings (SSSR count). The number of fused-ring (bicyclic) bond motifs is 1. The third kappa shape index (κ3) is 3.10. The maximum Gasteiger partial charge on any atom is 0.230 e. The van der Waals surface area contributed by atoms with E-state index in [-0.39, 0.29) is 11.3 Å². The van der Waals surface area contributed by atoms with Crippen LogP contribution >= 0.6 is 12.2 Å². The molecule has 2 N–H and O–H groups in total. The van der Waals surface area contributed by atoms with Gasteiger partial charge < -0.3 is 15.4 Å². The van der Waals surface area contributed by atoms with Gasteiger partial charge in [0.05, 0.1) is 23.7 Å². The van der Waals surface area contributed by atoms with Crippen molar-refractivity contribution in [2.45, 2.75) is 26.7 Å². The van der Waals surface area contributed by atoms with Crippen LogP contribution in [-0.2, 0) is 4.79 Å². The molecule has 1 amide bonds. The number of para-hydroxylation sites is 2. The number of anilines is 1. The van der Waals surface area contributed by atoms with E-state index in [1.807, 2.05) is 38.1 Å². The molecule has 1 aromatic rings.